The lowest BCUT2D eigenvalue weighted by atomic mass is 9.98. The molecule has 0 radical (unpaired) electrons. The highest BCUT2D eigenvalue weighted by atomic mass is 35.5. The maximum absolute atomic E-state index is 5.88. The second kappa shape index (κ2) is 6.86. The second-order valence-electron chi connectivity index (χ2n) is 4.82. The van der Waals surface area contributed by atoms with E-state index in [1.807, 2.05) is 24.3 Å². The number of benzene rings is 1. The van der Waals surface area contributed by atoms with Crippen LogP contribution in [0.3, 0.4) is 0 Å². The molecule has 20 heavy (non-hydrogen) atoms. The molecule has 108 valence electrons. The van der Waals surface area contributed by atoms with Crippen molar-refractivity contribution < 1.29 is 4.52 Å². The zero-order valence-electron chi connectivity index (χ0n) is 12.1. The summed E-state index contributed by atoms with van der Waals surface area (Å²) in [6.45, 7) is 7.29. The quantitative estimate of drug-likeness (QED) is 0.878. The van der Waals surface area contributed by atoms with E-state index in [4.69, 9.17) is 16.1 Å². The number of hydrogen-bond acceptors (Lipinski definition) is 4. The Morgan fingerprint density at radius 2 is 1.95 bits per heavy atom. The standard InChI is InChI=1S/C15H20ClN3O/c1-4-13(10(3)17-5-2)15-18-14(19-20-15)11-6-8-12(16)9-7-11/h6-10,13,17H,4-5H2,1-3H3. The summed E-state index contributed by atoms with van der Waals surface area (Å²) in [6, 6.07) is 7.75. The van der Waals surface area contributed by atoms with Crippen molar-refractivity contribution in [1.29, 1.82) is 0 Å². The summed E-state index contributed by atoms with van der Waals surface area (Å²) >= 11 is 5.88. The Hall–Kier alpha value is -1.39. The zero-order valence-corrected chi connectivity index (χ0v) is 12.8. The van der Waals surface area contributed by atoms with E-state index >= 15 is 0 Å². The third-order valence-electron chi connectivity index (χ3n) is 3.43. The first kappa shape index (κ1) is 15.0. The van der Waals surface area contributed by atoms with E-state index in [1.165, 1.54) is 0 Å². The van der Waals surface area contributed by atoms with Crippen LogP contribution in [0.1, 0.15) is 39.0 Å². The van der Waals surface area contributed by atoms with Gasteiger partial charge < -0.3 is 9.84 Å². The maximum Gasteiger partial charge on any atom is 0.231 e. The topological polar surface area (TPSA) is 51.0 Å². The number of nitrogens with one attached hydrogen (secondary N) is 1. The number of halogens is 1. The van der Waals surface area contributed by atoms with Gasteiger partial charge in [0.2, 0.25) is 11.7 Å². The molecule has 0 aliphatic carbocycles. The molecule has 1 N–H and O–H groups in total. The van der Waals surface area contributed by atoms with Crippen LogP contribution in [0.2, 0.25) is 5.02 Å². The normalized spacial score (nSPS) is 14.2. The van der Waals surface area contributed by atoms with Crippen molar-refractivity contribution in [3.63, 3.8) is 0 Å². The van der Waals surface area contributed by atoms with Gasteiger partial charge in [-0.25, -0.2) is 0 Å². The Morgan fingerprint density at radius 1 is 1.25 bits per heavy atom. The molecule has 1 heterocycles. The van der Waals surface area contributed by atoms with Crippen LogP contribution in [0.15, 0.2) is 28.8 Å². The third kappa shape index (κ3) is 3.38. The molecule has 5 heteroatoms. The summed E-state index contributed by atoms with van der Waals surface area (Å²) in [5.41, 5.74) is 0.912. The molecule has 2 atom stereocenters. The van der Waals surface area contributed by atoms with Crippen LogP contribution in [0.4, 0.5) is 0 Å². The van der Waals surface area contributed by atoms with E-state index < -0.39 is 0 Å². The minimum absolute atomic E-state index is 0.225. The van der Waals surface area contributed by atoms with E-state index in [9.17, 15) is 0 Å². The molecule has 0 aliphatic rings. The molecule has 0 bridgehead atoms. The molecule has 0 aliphatic heterocycles. The number of likely N-dealkylation sites (N-methyl/N-ethyl adjacent to an activating group) is 1. The predicted molar refractivity (Wildman–Crippen MR) is 80.9 cm³/mol. The van der Waals surface area contributed by atoms with E-state index in [-0.39, 0.29) is 5.92 Å². The SMILES string of the molecule is CCNC(C)C(CC)c1nc(-c2ccc(Cl)cc2)no1. The summed E-state index contributed by atoms with van der Waals surface area (Å²) in [4.78, 5) is 4.52. The molecule has 0 spiro atoms. The minimum atomic E-state index is 0.225. The van der Waals surface area contributed by atoms with Gasteiger partial charge in [-0.3, -0.25) is 0 Å². The van der Waals surface area contributed by atoms with E-state index in [1.54, 1.807) is 0 Å². The summed E-state index contributed by atoms with van der Waals surface area (Å²) < 4.78 is 5.44. The molecule has 1 aromatic carbocycles. The molecule has 4 nitrogen and oxygen atoms in total. The molecule has 1 aromatic heterocycles. The lowest BCUT2D eigenvalue weighted by Gasteiger charge is -2.19. The van der Waals surface area contributed by atoms with Crippen LogP contribution in [0.25, 0.3) is 11.4 Å². The first-order valence-electron chi connectivity index (χ1n) is 6.98. The molecule has 0 fully saturated rings. The fourth-order valence-corrected chi connectivity index (χ4v) is 2.43. The summed E-state index contributed by atoms with van der Waals surface area (Å²) in [6.07, 6.45) is 0.955. The fourth-order valence-electron chi connectivity index (χ4n) is 2.31. The van der Waals surface area contributed by atoms with Gasteiger partial charge in [0.05, 0.1) is 5.92 Å². The Labute approximate surface area is 124 Å². The van der Waals surface area contributed by atoms with Crippen molar-refractivity contribution in [2.45, 2.75) is 39.2 Å². The zero-order chi connectivity index (χ0) is 14.5. The average molecular weight is 294 g/mol. The fraction of sp³-hybridized carbons (Fsp3) is 0.467. The van der Waals surface area contributed by atoms with Gasteiger partial charge in [0.25, 0.3) is 0 Å². The van der Waals surface area contributed by atoms with E-state index in [2.05, 4.69) is 36.2 Å². The first-order valence-corrected chi connectivity index (χ1v) is 7.36. The molecule has 0 saturated heterocycles. The van der Waals surface area contributed by atoms with Crippen LogP contribution >= 0.6 is 11.6 Å². The molecular weight excluding hydrogens is 274 g/mol. The number of aromatic nitrogens is 2. The predicted octanol–water partition coefficient (Wildman–Crippen LogP) is 3.88. The maximum atomic E-state index is 5.88. The van der Waals surface area contributed by atoms with Crippen molar-refractivity contribution in [2.75, 3.05) is 6.54 Å². The van der Waals surface area contributed by atoms with Crippen molar-refractivity contribution >= 4 is 11.6 Å². The highest BCUT2D eigenvalue weighted by Gasteiger charge is 2.23. The Balaban J connectivity index is 2.20. The van der Waals surface area contributed by atoms with Gasteiger partial charge in [-0.15, -0.1) is 0 Å². The van der Waals surface area contributed by atoms with Crippen LogP contribution in [-0.4, -0.2) is 22.7 Å². The molecule has 0 saturated carbocycles. The van der Waals surface area contributed by atoms with Crippen molar-refractivity contribution in [1.82, 2.24) is 15.5 Å². The number of nitrogens with zero attached hydrogens (tertiary/aromatic N) is 2. The molecular formula is C15H20ClN3O. The van der Waals surface area contributed by atoms with Gasteiger partial charge in [-0.1, -0.05) is 30.6 Å². The molecule has 2 rings (SSSR count). The third-order valence-corrected chi connectivity index (χ3v) is 3.68. The Morgan fingerprint density at radius 3 is 2.55 bits per heavy atom. The molecule has 2 aromatic rings. The van der Waals surface area contributed by atoms with Crippen molar-refractivity contribution in [3.05, 3.63) is 35.2 Å². The molecule has 2 unspecified atom stereocenters. The monoisotopic (exact) mass is 293 g/mol. The van der Waals surface area contributed by atoms with E-state index in [0.29, 0.717) is 22.8 Å². The molecule has 0 amide bonds. The summed E-state index contributed by atoms with van der Waals surface area (Å²) in [5, 5.41) is 8.18. The van der Waals surface area contributed by atoms with Gasteiger partial charge in [0.15, 0.2) is 0 Å². The average Bonchev–Trinajstić information content (AvgIpc) is 2.90. The van der Waals surface area contributed by atoms with Crippen LogP contribution in [0.5, 0.6) is 0 Å². The van der Waals surface area contributed by atoms with Crippen molar-refractivity contribution in [2.24, 2.45) is 0 Å². The second-order valence-corrected chi connectivity index (χ2v) is 5.26. The summed E-state index contributed by atoms with van der Waals surface area (Å²) in [5.74, 6) is 1.52. The van der Waals surface area contributed by atoms with Gasteiger partial charge in [-0.2, -0.15) is 4.98 Å². The number of rotatable bonds is 6. The lowest BCUT2D eigenvalue weighted by molar-refractivity contribution is 0.318. The van der Waals surface area contributed by atoms with E-state index in [0.717, 1.165) is 18.5 Å². The Bertz CT molecular complexity index is 538. The van der Waals surface area contributed by atoms with Crippen LogP contribution in [0, 0.1) is 0 Å². The van der Waals surface area contributed by atoms with Crippen LogP contribution in [-0.2, 0) is 0 Å². The van der Waals surface area contributed by atoms with Crippen molar-refractivity contribution in [3.8, 4) is 11.4 Å². The highest BCUT2D eigenvalue weighted by molar-refractivity contribution is 6.30. The minimum Gasteiger partial charge on any atom is -0.339 e. The number of hydrogen-bond donors (Lipinski definition) is 1. The largest absolute Gasteiger partial charge is 0.339 e. The van der Waals surface area contributed by atoms with Gasteiger partial charge >= 0.3 is 0 Å². The summed E-state index contributed by atoms with van der Waals surface area (Å²) in [7, 11) is 0. The van der Waals surface area contributed by atoms with Crippen LogP contribution < -0.4 is 5.32 Å². The smallest absolute Gasteiger partial charge is 0.231 e. The van der Waals surface area contributed by atoms with Gasteiger partial charge in [0.1, 0.15) is 0 Å². The Kier molecular flexibility index (Phi) is 5.15. The first-order chi connectivity index (χ1) is 9.65. The van der Waals surface area contributed by atoms with Gasteiger partial charge in [-0.05, 0) is 44.2 Å². The van der Waals surface area contributed by atoms with Gasteiger partial charge in [0, 0.05) is 16.6 Å². The lowest BCUT2D eigenvalue weighted by Crippen LogP contribution is -2.31. The highest BCUT2D eigenvalue weighted by Crippen LogP contribution is 2.25.